The molecule has 0 aliphatic rings. The number of nitrogens with zero attached hydrogens (tertiary/aromatic N) is 1. The monoisotopic (exact) mass is 317 g/mol. The Kier molecular flexibility index (Phi) is 5.83. The fourth-order valence-corrected chi connectivity index (χ4v) is 2.70. The number of fused-ring (bicyclic) bond motifs is 1. The Morgan fingerprint density at radius 1 is 1.09 bits per heavy atom. The summed E-state index contributed by atoms with van der Waals surface area (Å²) in [5.41, 5.74) is 0.989. The van der Waals surface area contributed by atoms with Gasteiger partial charge in [-0.3, -0.25) is 9.59 Å². The molecule has 0 N–H and O–H groups in total. The van der Waals surface area contributed by atoms with Crippen molar-refractivity contribution in [2.75, 3.05) is 19.8 Å². The molecule has 0 saturated carbocycles. The predicted molar refractivity (Wildman–Crippen MR) is 89.9 cm³/mol. The fourth-order valence-electron chi connectivity index (χ4n) is 2.00. The molecule has 1 amide bonds. The third kappa shape index (κ3) is 4.49. The van der Waals surface area contributed by atoms with Gasteiger partial charge in [0.25, 0.3) is 5.24 Å². The summed E-state index contributed by atoms with van der Waals surface area (Å²) in [7, 11) is 3.38. The SMILES string of the molecule is CN(C)C(=O)SCCC(=O)OCc1cccc2ccccc12. The van der Waals surface area contributed by atoms with E-state index in [1.165, 1.54) is 4.90 Å². The standard InChI is InChI=1S/C17H19NO3S/c1-18(2)17(20)22-11-10-16(19)21-12-14-8-5-7-13-6-3-4-9-15(13)14/h3-9H,10-12H2,1-2H3. The third-order valence-corrected chi connectivity index (χ3v) is 4.19. The van der Waals surface area contributed by atoms with Crippen molar-refractivity contribution >= 4 is 33.7 Å². The average Bonchev–Trinajstić information content (AvgIpc) is 2.52. The molecule has 0 aromatic heterocycles. The molecule has 0 fully saturated rings. The molecule has 5 heteroatoms. The summed E-state index contributed by atoms with van der Waals surface area (Å²) in [5, 5.41) is 2.17. The van der Waals surface area contributed by atoms with Crippen LogP contribution >= 0.6 is 11.8 Å². The Morgan fingerprint density at radius 2 is 1.82 bits per heavy atom. The van der Waals surface area contributed by atoms with Crippen molar-refractivity contribution in [1.82, 2.24) is 4.90 Å². The second-order valence-corrected chi connectivity index (χ2v) is 6.10. The van der Waals surface area contributed by atoms with Crippen molar-refractivity contribution < 1.29 is 14.3 Å². The maximum Gasteiger partial charge on any atom is 0.306 e. The molecule has 0 aliphatic carbocycles. The summed E-state index contributed by atoms with van der Waals surface area (Å²) in [4.78, 5) is 24.6. The van der Waals surface area contributed by atoms with Crippen molar-refractivity contribution in [1.29, 1.82) is 0 Å². The number of benzene rings is 2. The highest BCUT2D eigenvalue weighted by Gasteiger charge is 2.09. The Morgan fingerprint density at radius 3 is 2.59 bits per heavy atom. The maximum atomic E-state index is 11.7. The average molecular weight is 317 g/mol. The lowest BCUT2D eigenvalue weighted by Gasteiger charge is -2.09. The number of amides is 1. The van der Waals surface area contributed by atoms with Crippen molar-refractivity contribution in [3.63, 3.8) is 0 Å². The zero-order chi connectivity index (χ0) is 15.9. The molecule has 0 aliphatic heterocycles. The van der Waals surface area contributed by atoms with Gasteiger partial charge in [0.1, 0.15) is 6.61 Å². The Bertz CT molecular complexity index is 665. The minimum absolute atomic E-state index is 0.0538. The van der Waals surface area contributed by atoms with Gasteiger partial charge in [-0.15, -0.1) is 0 Å². The summed E-state index contributed by atoms with van der Waals surface area (Å²) in [6.45, 7) is 0.256. The van der Waals surface area contributed by atoms with Crippen LogP contribution < -0.4 is 0 Å². The van der Waals surface area contributed by atoms with Crippen LogP contribution in [0.25, 0.3) is 10.8 Å². The van der Waals surface area contributed by atoms with E-state index in [0.717, 1.165) is 28.1 Å². The molecule has 116 valence electrons. The van der Waals surface area contributed by atoms with Crippen LogP contribution in [0.15, 0.2) is 42.5 Å². The topological polar surface area (TPSA) is 46.6 Å². The van der Waals surface area contributed by atoms with E-state index in [1.807, 2.05) is 42.5 Å². The van der Waals surface area contributed by atoms with E-state index >= 15 is 0 Å². The molecule has 0 atom stereocenters. The number of thioether (sulfide) groups is 1. The van der Waals surface area contributed by atoms with Crippen molar-refractivity contribution in [2.45, 2.75) is 13.0 Å². The van der Waals surface area contributed by atoms with Crippen LogP contribution in [0.4, 0.5) is 4.79 Å². The molecule has 2 rings (SSSR count). The van der Waals surface area contributed by atoms with E-state index in [9.17, 15) is 9.59 Å². The molecular weight excluding hydrogens is 298 g/mol. The summed E-state index contributed by atoms with van der Waals surface area (Å²) >= 11 is 1.12. The minimum atomic E-state index is -0.285. The zero-order valence-corrected chi connectivity index (χ0v) is 13.6. The summed E-state index contributed by atoms with van der Waals surface area (Å²) in [5.74, 6) is 0.151. The second kappa shape index (κ2) is 7.84. The molecule has 0 bridgehead atoms. The van der Waals surface area contributed by atoms with E-state index in [0.29, 0.717) is 5.75 Å². The van der Waals surface area contributed by atoms with Crippen LogP contribution in [-0.4, -0.2) is 36.0 Å². The minimum Gasteiger partial charge on any atom is -0.461 e. The van der Waals surface area contributed by atoms with Gasteiger partial charge in [-0.25, -0.2) is 0 Å². The van der Waals surface area contributed by atoms with Crippen LogP contribution in [0.2, 0.25) is 0 Å². The normalized spacial score (nSPS) is 10.5. The summed E-state index contributed by atoms with van der Waals surface area (Å²) in [6.07, 6.45) is 0.231. The van der Waals surface area contributed by atoms with E-state index in [1.54, 1.807) is 14.1 Å². The number of hydrogen-bond acceptors (Lipinski definition) is 4. The van der Waals surface area contributed by atoms with Gasteiger partial charge in [0.15, 0.2) is 0 Å². The lowest BCUT2D eigenvalue weighted by Crippen LogP contribution is -2.17. The zero-order valence-electron chi connectivity index (χ0n) is 12.7. The molecule has 22 heavy (non-hydrogen) atoms. The van der Waals surface area contributed by atoms with Crippen LogP contribution in [-0.2, 0) is 16.1 Å². The highest BCUT2D eigenvalue weighted by Crippen LogP contribution is 2.19. The molecule has 2 aromatic rings. The van der Waals surface area contributed by atoms with Crippen LogP contribution in [0.1, 0.15) is 12.0 Å². The fraction of sp³-hybridized carbons (Fsp3) is 0.294. The van der Waals surface area contributed by atoms with Gasteiger partial charge >= 0.3 is 5.97 Å². The van der Waals surface area contributed by atoms with Crippen LogP contribution in [0, 0.1) is 0 Å². The molecule has 0 spiro atoms. The largest absolute Gasteiger partial charge is 0.461 e. The Labute approximate surface area is 134 Å². The molecule has 0 saturated heterocycles. The molecule has 0 unspecified atom stereocenters. The first-order valence-corrected chi connectivity index (χ1v) is 8.03. The number of hydrogen-bond donors (Lipinski definition) is 0. The van der Waals surface area contributed by atoms with E-state index in [2.05, 4.69) is 0 Å². The van der Waals surface area contributed by atoms with Gasteiger partial charge in [0, 0.05) is 19.8 Å². The van der Waals surface area contributed by atoms with Gasteiger partial charge in [-0.05, 0) is 16.3 Å². The molecular formula is C17H19NO3S. The first-order chi connectivity index (χ1) is 10.6. The van der Waals surface area contributed by atoms with Crippen molar-refractivity contribution in [2.24, 2.45) is 0 Å². The summed E-state index contributed by atoms with van der Waals surface area (Å²) < 4.78 is 5.30. The number of carbonyl (C=O) groups is 2. The van der Waals surface area contributed by atoms with E-state index < -0.39 is 0 Å². The highest BCUT2D eigenvalue weighted by molar-refractivity contribution is 8.13. The number of esters is 1. The van der Waals surface area contributed by atoms with Crippen molar-refractivity contribution in [3.05, 3.63) is 48.0 Å². The first-order valence-electron chi connectivity index (χ1n) is 7.04. The number of carbonyl (C=O) groups excluding carboxylic acids is 2. The number of ether oxygens (including phenoxy) is 1. The van der Waals surface area contributed by atoms with Crippen LogP contribution in [0.3, 0.4) is 0 Å². The first kappa shape index (κ1) is 16.4. The van der Waals surface area contributed by atoms with Gasteiger partial charge in [-0.1, -0.05) is 54.2 Å². The van der Waals surface area contributed by atoms with E-state index in [4.69, 9.17) is 4.74 Å². The third-order valence-electron chi connectivity index (χ3n) is 3.17. The molecule has 0 radical (unpaired) electrons. The molecule has 4 nitrogen and oxygen atoms in total. The quantitative estimate of drug-likeness (QED) is 0.789. The van der Waals surface area contributed by atoms with E-state index in [-0.39, 0.29) is 24.2 Å². The maximum absolute atomic E-state index is 11.7. The smallest absolute Gasteiger partial charge is 0.306 e. The van der Waals surface area contributed by atoms with Gasteiger partial charge < -0.3 is 9.64 Å². The Balaban J connectivity index is 1.84. The molecule has 2 aromatic carbocycles. The lowest BCUT2D eigenvalue weighted by atomic mass is 10.1. The Hall–Kier alpha value is -2.01. The predicted octanol–water partition coefficient (Wildman–Crippen LogP) is 3.69. The van der Waals surface area contributed by atoms with Gasteiger partial charge in [0.2, 0.25) is 0 Å². The van der Waals surface area contributed by atoms with Gasteiger partial charge in [-0.2, -0.15) is 0 Å². The molecule has 0 heterocycles. The lowest BCUT2D eigenvalue weighted by molar-refractivity contribution is -0.144. The van der Waals surface area contributed by atoms with Crippen LogP contribution in [0.5, 0.6) is 0 Å². The second-order valence-electron chi connectivity index (χ2n) is 5.06. The highest BCUT2D eigenvalue weighted by atomic mass is 32.2. The van der Waals surface area contributed by atoms with Gasteiger partial charge in [0.05, 0.1) is 6.42 Å². The summed E-state index contributed by atoms with van der Waals surface area (Å²) in [6, 6.07) is 13.9. The van der Waals surface area contributed by atoms with Crippen molar-refractivity contribution in [3.8, 4) is 0 Å². The number of rotatable bonds is 5.